The highest BCUT2D eigenvalue weighted by atomic mass is 32.2. The first-order valence-corrected chi connectivity index (χ1v) is 11.7. The van der Waals surface area contributed by atoms with Gasteiger partial charge in [-0.1, -0.05) is 54.2 Å². The average Bonchev–Trinajstić information content (AvgIpc) is 3.40. The van der Waals surface area contributed by atoms with Gasteiger partial charge in [0.15, 0.2) is 10.9 Å². The maximum absolute atomic E-state index is 13.3. The fourth-order valence-electron chi connectivity index (χ4n) is 3.05. The van der Waals surface area contributed by atoms with Crippen molar-refractivity contribution in [1.29, 1.82) is 0 Å². The number of nitrogens with zero attached hydrogens (tertiary/aromatic N) is 2. The number of thiophene rings is 2. The van der Waals surface area contributed by atoms with E-state index in [0.717, 1.165) is 10.4 Å². The highest BCUT2D eigenvalue weighted by Gasteiger charge is 2.22. The number of hydrogen-bond acceptors (Lipinski definition) is 6. The largest absolute Gasteiger partial charge is 0.293 e. The number of aromatic nitrogens is 2. The van der Waals surface area contributed by atoms with Crippen LogP contribution >= 0.6 is 34.4 Å². The fourth-order valence-corrected chi connectivity index (χ4v) is 5.85. The Balaban J connectivity index is 1.76. The van der Waals surface area contributed by atoms with Crippen LogP contribution in [0.4, 0.5) is 0 Å². The number of carbonyl (C=O) groups excluding carboxylic acids is 1. The van der Waals surface area contributed by atoms with Crippen molar-refractivity contribution >= 4 is 50.4 Å². The minimum Gasteiger partial charge on any atom is -0.293 e. The van der Waals surface area contributed by atoms with Crippen LogP contribution in [0.25, 0.3) is 20.7 Å². The summed E-state index contributed by atoms with van der Waals surface area (Å²) in [6.45, 7) is 5.97. The molecule has 1 unspecified atom stereocenters. The first-order valence-electron chi connectivity index (χ1n) is 9.03. The van der Waals surface area contributed by atoms with Gasteiger partial charge in [0.2, 0.25) is 0 Å². The molecule has 4 aromatic rings. The van der Waals surface area contributed by atoms with E-state index in [1.54, 1.807) is 34.1 Å². The molecule has 0 aliphatic carbocycles. The van der Waals surface area contributed by atoms with E-state index in [9.17, 15) is 9.59 Å². The third-order valence-corrected chi connectivity index (χ3v) is 7.33. The van der Waals surface area contributed by atoms with Crippen LogP contribution in [0.3, 0.4) is 0 Å². The number of benzene rings is 1. The SMILES string of the molecule is C=CCn1c(SC(C)C(=O)c2ccccc2)nc2scc(-c3cccs3)c2c1=O. The maximum Gasteiger partial charge on any atom is 0.263 e. The van der Waals surface area contributed by atoms with Crippen molar-refractivity contribution in [3.8, 4) is 10.4 Å². The van der Waals surface area contributed by atoms with Gasteiger partial charge in [0.1, 0.15) is 4.83 Å². The molecule has 4 nitrogen and oxygen atoms in total. The Hall–Kier alpha value is -2.48. The van der Waals surface area contributed by atoms with Gasteiger partial charge in [-0.25, -0.2) is 4.98 Å². The quantitative estimate of drug-likeness (QED) is 0.160. The number of Topliss-reactive ketones (excluding diaryl/α,β-unsaturated/α-hetero) is 1. The van der Waals surface area contributed by atoms with Crippen LogP contribution in [-0.2, 0) is 6.54 Å². The molecule has 0 amide bonds. The smallest absolute Gasteiger partial charge is 0.263 e. The Morgan fingerprint density at radius 1 is 1.24 bits per heavy atom. The molecule has 0 bridgehead atoms. The number of rotatable bonds is 7. The second-order valence-corrected chi connectivity index (χ2v) is 9.51. The lowest BCUT2D eigenvalue weighted by atomic mass is 10.1. The second-order valence-electron chi connectivity index (χ2n) is 6.40. The monoisotopic (exact) mass is 438 g/mol. The highest BCUT2D eigenvalue weighted by molar-refractivity contribution is 8.00. The molecule has 0 saturated heterocycles. The van der Waals surface area contributed by atoms with Gasteiger partial charge >= 0.3 is 0 Å². The number of allylic oxidation sites excluding steroid dienone is 1. The van der Waals surface area contributed by atoms with Gasteiger partial charge < -0.3 is 0 Å². The van der Waals surface area contributed by atoms with Gasteiger partial charge in [0.05, 0.1) is 10.6 Å². The summed E-state index contributed by atoms with van der Waals surface area (Å²) >= 11 is 4.37. The Morgan fingerprint density at radius 3 is 2.72 bits per heavy atom. The molecule has 146 valence electrons. The summed E-state index contributed by atoms with van der Waals surface area (Å²) in [5, 5.41) is 4.78. The standard InChI is InChI=1S/C22H18N2O2S3/c1-3-11-24-21(26)18-16(17-10-7-12-27-17)13-28-20(18)23-22(24)29-14(2)19(25)15-8-5-4-6-9-15/h3-10,12-14H,1,11H2,2H3. The lowest BCUT2D eigenvalue weighted by molar-refractivity contribution is 0.0994. The van der Waals surface area contributed by atoms with Gasteiger partial charge in [-0.05, 0) is 18.4 Å². The number of fused-ring (bicyclic) bond motifs is 1. The average molecular weight is 439 g/mol. The van der Waals surface area contributed by atoms with Crippen LogP contribution in [0.5, 0.6) is 0 Å². The molecule has 4 rings (SSSR count). The summed E-state index contributed by atoms with van der Waals surface area (Å²) in [5.41, 5.74) is 1.48. The predicted molar refractivity (Wildman–Crippen MR) is 123 cm³/mol. The van der Waals surface area contributed by atoms with Crippen LogP contribution in [0.1, 0.15) is 17.3 Å². The van der Waals surface area contributed by atoms with Crippen molar-refractivity contribution < 1.29 is 4.79 Å². The van der Waals surface area contributed by atoms with Crippen molar-refractivity contribution in [2.24, 2.45) is 0 Å². The Labute approximate surface area is 180 Å². The van der Waals surface area contributed by atoms with E-state index < -0.39 is 0 Å². The van der Waals surface area contributed by atoms with Gasteiger partial charge in [-0.15, -0.1) is 29.3 Å². The number of ketones is 1. The zero-order chi connectivity index (χ0) is 20.4. The summed E-state index contributed by atoms with van der Waals surface area (Å²) in [4.78, 5) is 32.6. The van der Waals surface area contributed by atoms with Gasteiger partial charge in [-0.2, -0.15) is 0 Å². The summed E-state index contributed by atoms with van der Waals surface area (Å²) in [5.74, 6) is 0.0144. The molecule has 1 aromatic carbocycles. The van der Waals surface area contributed by atoms with Crippen molar-refractivity contribution in [3.05, 3.63) is 81.8 Å². The lowest BCUT2D eigenvalue weighted by Gasteiger charge is -2.14. The third kappa shape index (κ3) is 3.85. The van der Waals surface area contributed by atoms with E-state index in [4.69, 9.17) is 4.98 Å². The number of carbonyl (C=O) groups is 1. The number of thioether (sulfide) groups is 1. The molecule has 0 spiro atoms. The normalized spacial score (nSPS) is 12.2. The van der Waals surface area contributed by atoms with E-state index in [1.807, 2.05) is 48.0 Å². The van der Waals surface area contributed by atoms with Crippen molar-refractivity contribution in [2.45, 2.75) is 23.9 Å². The van der Waals surface area contributed by atoms with E-state index in [0.29, 0.717) is 27.5 Å². The van der Waals surface area contributed by atoms with Crippen molar-refractivity contribution in [1.82, 2.24) is 9.55 Å². The zero-order valence-corrected chi connectivity index (χ0v) is 18.2. The number of hydrogen-bond donors (Lipinski definition) is 0. The molecule has 0 aliphatic heterocycles. The summed E-state index contributed by atoms with van der Waals surface area (Å²) < 4.78 is 1.61. The highest BCUT2D eigenvalue weighted by Crippen LogP contribution is 2.35. The summed E-state index contributed by atoms with van der Waals surface area (Å²) in [7, 11) is 0. The Bertz CT molecular complexity index is 1220. The minimum absolute atomic E-state index is 0.0144. The van der Waals surface area contributed by atoms with Gasteiger partial charge in [0, 0.05) is 27.9 Å². The molecule has 0 saturated carbocycles. The minimum atomic E-state index is -0.366. The lowest BCUT2D eigenvalue weighted by Crippen LogP contribution is -2.24. The summed E-state index contributed by atoms with van der Waals surface area (Å²) in [6.07, 6.45) is 1.68. The predicted octanol–water partition coefficient (Wildman–Crippen LogP) is 5.74. The molecular formula is C22H18N2O2S3. The molecule has 1 atom stereocenters. The molecule has 29 heavy (non-hydrogen) atoms. The van der Waals surface area contributed by atoms with Crippen LogP contribution in [0.2, 0.25) is 0 Å². The van der Waals surface area contributed by atoms with E-state index in [-0.39, 0.29) is 16.6 Å². The first-order chi connectivity index (χ1) is 14.1. The molecule has 0 aliphatic rings. The van der Waals surface area contributed by atoms with Crippen molar-refractivity contribution in [2.75, 3.05) is 0 Å². The van der Waals surface area contributed by atoms with Crippen LogP contribution in [0.15, 0.2) is 75.8 Å². The maximum atomic E-state index is 13.3. The van der Waals surface area contributed by atoms with Crippen LogP contribution < -0.4 is 5.56 Å². The third-order valence-electron chi connectivity index (χ3n) is 4.47. The first kappa shape index (κ1) is 19.8. The zero-order valence-electron chi connectivity index (χ0n) is 15.7. The topological polar surface area (TPSA) is 52.0 Å². The molecule has 3 heterocycles. The van der Waals surface area contributed by atoms with Gasteiger partial charge in [0.25, 0.3) is 5.56 Å². The van der Waals surface area contributed by atoms with Crippen molar-refractivity contribution in [3.63, 3.8) is 0 Å². The van der Waals surface area contributed by atoms with Crippen LogP contribution in [0, 0.1) is 0 Å². The van der Waals surface area contributed by atoms with E-state index in [1.165, 1.54) is 23.1 Å². The Kier molecular flexibility index (Phi) is 5.80. The molecule has 0 radical (unpaired) electrons. The molecule has 3 aromatic heterocycles. The Morgan fingerprint density at radius 2 is 2.03 bits per heavy atom. The van der Waals surface area contributed by atoms with Gasteiger partial charge in [-0.3, -0.25) is 14.2 Å². The van der Waals surface area contributed by atoms with Crippen LogP contribution in [-0.4, -0.2) is 20.6 Å². The van der Waals surface area contributed by atoms with E-state index in [2.05, 4.69) is 6.58 Å². The molecule has 0 N–H and O–H groups in total. The molecular weight excluding hydrogens is 420 g/mol. The van der Waals surface area contributed by atoms with E-state index >= 15 is 0 Å². The summed E-state index contributed by atoms with van der Waals surface area (Å²) in [6, 6.07) is 13.2. The molecule has 0 fully saturated rings. The fraction of sp³-hybridized carbons (Fsp3) is 0.136. The second kappa shape index (κ2) is 8.49. The molecule has 7 heteroatoms.